The summed E-state index contributed by atoms with van der Waals surface area (Å²) in [5.41, 5.74) is 6.00. The van der Waals surface area contributed by atoms with Gasteiger partial charge in [0, 0.05) is 32.7 Å². The van der Waals surface area contributed by atoms with Crippen LogP contribution in [-0.2, 0) is 6.54 Å². The molecule has 1 aliphatic heterocycles. The molecule has 2 rings (SSSR count). The zero-order valence-corrected chi connectivity index (χ0v) is 12.8. The maximum atomic E-state index is 5.75. The Labute approximate surface area is 120 Å². The Kier molecular flexibility index (Phi) is 4.39. The first-order chi connectivity index (χ1) is 9.42. The second kappa shape index (κ2) is 5.88. The van der Waals surface area contributed by atoms with Gasteiger partial charge < -0.3 is 16.0 Å². The van der Waals surface area contributed by atoms with Gasteiger partial charge in [-0.15, -0.1) is 0 Å². The third kappa shape index (κ3) is 3.55. The van der Waals surface area contributed by atoms with Crippen LogP contribution in [0.1, 0.15) is 25.6 Å². The number of piperidine rings is 1. The third-order valence-electron chi connectivity index (χ3n) is 4.02. The number of nitrogens with two attached hydrogens (primary N) is 1. The first-order valence-corrected chi connectivity index (χ1v) is 7.01. The molecular formula is C13H25N7. The quantitative estimate of drug-likeness (QED) is 0.808. The molecule has 1 aromatic rings. The third-order valence-corrected chi connectivity index (χ3v) is 4.02. The van der Waals surface area contributed by atoms with E-state index in [0.717, 1.165) is 38.3 Å². The number of hydrogen-bond donors (Lipinski definition) is 2. The molecule has 0 radical (unpaired) electrons. The highest BCUT2D eigenvalue weighted by Gasteiger charge is 2.28. The van der Waals surface area contributed by atoms with Crippen molar-refractivity contribution in [2.24, 2.45) is 0 Å². The number of nitrogens with zero attached hydrogens (tertiary/aromatic N) is 5. The average molecular weight is 279 g/mol. The van der Waals surface area contributed by atoms with Crippen LogP contribution in [0.4, 0.5) is 11.9 Å². The predicted molar refractivity (Wildman–Crippen MR) is 80.5 cm³/mol. The number of nitrogens with one attached hydrogen (secondary N) is 1. The van der Waals surface area contributed by atoms with Crippen LogP contribution in [-0.4, -0.2) is 59.6 Å². The highest BCUT2D eigenvalue weighted by Crippen LogP contribution is 2.22. The van der Waals surface area contributed by atoms with Crippen LogP contribution in [0, 0.1) is 0 Å². The number of rotatable bonds is 4. The van der Waals surface area contributed by atoms with Gasteiger partial charge in [-0.2, -0.15) is 15.0 Å². The van der Waals surface area contributed by atoms with E-state index in [-0.39, 0.29) is 11.5 Å². The molecule has 1 aliphatic rings. The van der Waals surface area contributed by atoms with Gasteiger partial charge in [0.05, 0.1) is 6.54 Å². The Morgan fingerprint density at radius 2 is 1.90 bits per heavy atom. The fourth-order valence-corrected chi connectivity index (χ4v) is 2.35. The van der Waals surface area contributed by atoms with Crippen LogP contribution in [0.3, 0.4) is 0 Å². The van der Waals surface area contributed by atoms with Gasteiger partial charge in [0.15, 0.2) is 0 Å². The van der Waals surface area contributed by atoms with E-state index in [2.05, 4.69) is 32.1 Å². The van der Waals surface area contributed by atoms with Gasteiger partial charge in [0.1, 0.15) is 5.82 Å². The Balaban J connectivity index is 2.01. The van der Waals surface area contributed by atoms with E-state index in [1.165, 1.54) is 0 Å². The van der Waals surface area contributed by atoms with Crippen LogP contribution in [0.2, 0.25) is 0 Å². The van der Waals surface area contributed by atoms with E-state index in [4.69, 9.17) is 5.73 Å². The van der Waals surface area contributed by atoms with E-state index in [1.807, 2.05) is 26.0 Å². The van der Waals surface area contributed by atoms with E-state index >= 15 is 0 Å². The lowest BCUT2D eigenvalue weighted by Gasteiger charge is -2.39. The Morgan fingerprint density at radius 3 is 2.45 bits per heavy atom. The van der Waals surface area contributed by atoms with Crippen molar-refractivity contribution in [1.29, 1.82) is 0 Å². The molecule has 1 saturated heterocycles. The van der Waals surface area contributed by atoms with Crippen LogP contribution in [0.15, 0.2) is 0 Å². The number of nitrogen functional groups attached to an aromatic ring is 1. The van der Waals surface area contributed by atoms with Crippen molar-refractivity contribution in [2.75, 3.05) is 44.9 Å². The molecule has 112 valence electrons. The summed E-state index contributed by atoms with van der Waals surface area (Å²) in [7, 11) is 5.83. The molecular weight excluding hydrogens is 254 g/mol. The maximum Gasteiger partial charge on any atom is 0.229 e. The van der Waals surface area contributed by atoms with Gasteiger partial charge in [0.25, 0.3) is 0 Å². The van der Waals surface area contributed by atoms with Crippen LogP contribution in [0.5, 0.6) is 0 Å². The van der Waals surface area contributed by atoms with Crippen molar-refractivity contribution in [1.82, 2.24) is 25.2 Å². The lowest BCUT2D eigenvalue weighted by atomic mass is 9.90. The molecule has 0 unspecified atom stereocenters. The maximum absolute atomic E-state index is 5.75. The van der Waals surface area contributed by atoms with E-state index in [0.29, 0.717) is 5.95 Å². The van der Waals surface area contributed by atoms with E-state index < -0.39 is 0 Å². The minimum atomic E-state index is 0.253. The largest absolute Gasteiger partial charge is 0.368 e. The second-order valence-corrected chi connectivity index (χ2v) is 5.89. The molecule has 2 heterocycles. The summed E-state index contributed by atoms with van der Waals surface area (Å²) in [6.07, 6.45) is 2.26. The van der Waals surface area contributed by atoms with Gasteiger partial charge in [-0.1, -0.05) is 0 Å². The molecule has 0 amide bonds. The second-order valence-electron chi connectivity index (χ2n) is 5.89. The SMILES string of the molecule is CNC1(C)CCN(Cc2nc(N)nc(N(C)C)n2)CC1. The monoisotopic (exact) mass is 279 g/mol. The van der Waals surface area contributed by atoms with Crippen molar-refractivity contribution in [3.8, 4) is 0 Å². The fraction of sp³-hybridized carbons (Fsp3) is 0.769. The van der Waals surface area contributed by atoms with Gasteiger partial charge in [-0.3, -0.25) is 4.90 Å². The normalized spacial score (nSPS) is 19.0. The molecule has 0 spiro atoms. The molecule has 7 nitrogen and oxygen atoms in total. The summed E-state index contributed by atoms with van der Waals surface area (Å²) in [4.78, 5) is 17.0. The Bertz CT molecular complexity index is 452. The fourth-order valence-electron chi connectivity index (χ4n) is 2.35. The number of anilines is 2. The summed E-state index contributed by atoms with van der Waals surface area (Å²) in [6.45, 7) is 5.09. The van der Waals surface area contributed by atoms with Crippen molar-refractivity contribution >= 4 is 11.9 Å². The summed E-state index contributed by atoms with van der Waals surface area (Å²) in [5, 5.41) is 3.40. The predicted octanol–water partition coefficient (Wildman–Crippen LogP) is 0.0937. The molecule has 20 heavy (non-hydrogen) atoms. The minimum absolute atomic E-state index is 0.253. The van der Waals surface area contributed by atoms with Crippen LogP contribution in [0.25, 0.3) is 0 Å². The Hall–Kier alpha value is -1.47. The van der Waals surface area contributed by atoms with Crippen LogP contribution >= 0.6 is 0 Å². The molecule has 0 aliphatic carbocycles. The van der Waals surface area contributed by atoms with Gasteiger partial charge in [0.2, 0.25) is 11.9 Å². The molecule has 0 saturated carbocycles. The smallest absolute Gasteiger partial charge is 0.229 e. The highest BCUT2D eigenvalue weighted by atomic mass is 15.3. The Morgan fingerprint density at radius 1 is 1.25 bits per heavy atom. The zero-order valence-electron chi connectivity index (χ0n) is 12.8. The van der Waals surface area contributed by atoms with Crippen LogP contribution < -0.4 is 16.0 Å². The van der Waals surface area contributed by atoms with Crippen molar-refractivity contribution in [2.45, 2.75) is 31.8 Å². The molecule has 3 N–H and O–H groups in total. The highest BCUT2D eigenvalue weighted by molar-refractivity contribution is 5.32. The standard InChI is InChI=1S/C13H25N7/c1-13(15-2)5-7-20(8-6-13)9-10-16-11(14)18-12(17-10)19(3)4/h15H,5-9H2,1-4H3,(H2,14,16,17,18). The van der Waals surface area contributed by atoms with E-state index in [9.17, 15) is 0 Å². The molecule has 1 aromatic heterocycles. The number of hydrogen-bond acceptors (Lipinski definition) is 7. The minimum Gasteiger partial charge on any atom is -0.368 e. The molecule has 1 fully saturated rings. The summed E-state index contributed by atoms with van der Waals surface area (Å²) in [6, 6.07) is 0. The number of aromatic nitrogens is 3. The van der Waals surface area contributed by atoms with Crippen molar-refractivity contribution < 1.29 is 0 Å². The topological polar surface area (TPSA) is 83.2 Å². The number of likely N-dealkylation sites (tertiary alicyclic amines) is 1. The summed E-state index contributed by atoms with van der Waals surface area (Å²) in [5.74, 6) is 1.65. The van der Waals surface area contributed by atoms with E-state index in [1.54, 1.807) is 0 Å². The zero-order chi connectivity index (χ0) is 14.8. The average Bonchev–Trinajstić information content (AvgIpc) is 2.41. The lowest BCUT2D eigenvalue weighted by Crippen LogP contribution is -2.49. The summed E-state index contributed by atoms with van der Waals surface area (Å²) >= 11 is 0. The summed E-state index contributed by atoms with van der Waals surface area (Å²) < 4.78 is 0. The lowest BCUT2D eigenvalue weighted by molar-refractivity contribution is 0.143. The van der Waals surface area contributed by atoms with Gasteiger partial charge >= 0.3 is 0 Å². The molecule has 0 aromatic carbocycles. The van der Waals surface area contributed by atoms with Gasteiger partial charge in [-0.05, 0) is 26.8 Å². The molecule has 0 atom stereocenters. The van der Waals surface area contributed by atoms with Crippen molar-refractivity contribution in [3.05, 3.63) is 5.82 Å². The van der Waals surface area contributed by atoms with Gasteiger partial charge in [-0.25, -0.2) is 0 Å². The molecule has 0 bridgehead atoms. The first-order valence-electron chi connectivity index (χ1n) is 7.01. The van der Waals surface area contributed by atoms with Crippen molar-refractivity contribution in [3.63, 3.8) is 0 Å². The first kappa shape index (κ1) is 14.9. The molecule has 7 heteroatoms.